The number of anilines is 1. The molecule has 0 radical (unpaired) electrons. The topological polar surface area (TPSA) is 80.8 Å². The molecule has 2 amide bonds. The van der Waals surface area contributed by atoms with Gasteiger partial charge in [-0.2, -0.15) is 0 Å². The molecule has 1 aromatic heterocycles. The number of nitrogens with zero attached hydrogens (tertiary/aromatic N) is 2. The molecule has 1 aliphatic heterocycles. The van der Waals surface area contributed by atoms with Crippen molar-refractivity contribution in [1.82, 2.24) is 10.3 Å². The molecule has 1 N–H and O–H groups in total. The maximum atomic E-state index is 11.8. The third kappa shape index (κ3) is 3.20. The molecule has 1 fully saturated rings. The highest BCUT2D eigenvalue weighted by Gasteiger charge is 2.23. The third-order valence-corrected chi connectivity index (χ3v) is 4.78. The number of rotatable bonds is 5. The molecular weight excluding hydrogens is 382 g/mol. The number of carbonyl (C=O) groups excluding carboxylic acids is 2. The van der Waals surface area contributed by atoms with Crippen LogP contribution in [0.25, 0.3) is 10.9 Å². The average Bonchev–Trinajstić information content (AvgIpc) is 3.13. The van der Waals surface area contributed by atoms with Gasteiger partial charge in [0, 0.05) is 36.8 Å². The number of fused-ring (bicyclic) bond motifs is 1. The van der Waals surface area contributed by atoms with Gasteiger partial charge in [-0.3, -0.25) is 14.7 Å². The van der Waals surface area contributed by atoms with E-state index in [4.69, 9.17) is 21.1 Å². The van der Waals surface area contributed by atoms with Crippen molar-refractivity contribution in [3.05, 3.63) is 53.2 Å². The Morgan fingerprint density at radius 1 is 1.21 bits per heavy atom. The van der Waals surface area contributed by atoms with Crippen molar-refractivity contribution in [3.63, 3.8) is 0 Å². The number of amides is 2. The van der Waals surface area contributed by atoms with E-state index in [0.717, 1.165) is 6.29 Å². The lowest BCUT2D eigenvalue weighted by molar-refractivity contribution is 0.112. The number of methoxy groups -OCH3 is 1. The number of ether oxygens (including phenoxy) is 2. The molecule has 2 heterocycles. The van der Waals surface area contributed by atoms with Crippen LogP contribution in [0, 0.1) is 0 Å². The molecule has 0 spiro atoms. The lowest BCUT2D eigenvalue weighted by Crippen LogP contribution is -2.27. The Hall–Kier alpha value is -3.32. The van der Waals surface area contributed by atoms with E-state index in [1.807, 2.05) is 0 Å². The zero-order valence-corrected chi connectivity index (χ0v) is 15.7. The molecule has 3 aromatic rings. The van der Waals surface area contributed by atoms with Crippen LogP contribution in [0.2, 0.25) is 5.02 Å². The molecule has 0 unspecified atom stereocenters. The third-order valence-electron chi connectivity index (χ3n) is 4.47. The van der Waals surface area contributed by atoms with Gasteiger partial charge in [-0.15, -0.1) is 0 Å². The number of nitrogens with one attached hydrogen (secondary N) is 1. The first kappa shape index (κ1) is 18.1. The summed E-state index contributed by atoms with van der Waals surface area (Å²) in [6, 6.07) is 10.0. The largest absolute Gasteiger partial charge is 0.496 e. The smallest absolute Gasteiger partial charge is 0.322 e. The van der Waals surface area contributed by atoms with Gasteiger partial charge in [0.1, 0.15) is 17.2 Å². The second kappa shape index (κ2) is 7.36. The summed E-state index contributed by atoms with van der Waals surface area (Å²) in [4.78, 5) is 29.1. The first-order valence-corrected chi connectivity index (χ1v) is 8.93. The van der Waals surface area contributed by atoms with Crippen LogP contribution in [0.5, 0.6) is 17.2 Å². The molecule has 142 valence electrons. The van der Waals surface area contributed by atoms with E-state index in [0.29, 0.717) is 57.5 Å². The predicted octanol–water partition coefficient (Wildman–Crippen LogP) is 4.03. The van der Waals surface area contributed by atoms with E-state index in [9.17, 15) is 9.59 Å². The molecule has 8 heteroatoms. The molecule has 7 nitrogen and oxygen atoms in total. The first-order chi connectivity index (χ1) is 13.6. The summed E-state index contributed by atoms with van der Waals surface area (Å²) in [5.41, 5.74) is 1.66. The van der Waals surface area contributed by atoms with Gasteiger partial charge in [0.15, 0.2) is 6.29 Å². The summed E-state index contributed by atoms with van der Waals surface area (Å²) in [5.74, 6) is 1.48. The number of halogens is 1. The number of hydrogen-bond donors (Lipinski definition) is 1. The average molecular weight is 398 g/mol. The summed E-state index contributed by atoms with van der Waals surface area (Å²) >= 11 is 6.37. The van der Waals surface area contributed by atoms with Crippen LogP contribution < -0.4 is 19.7 Å². The highest BCUT2D eigenvalue weighted by Crippen LogP contribution is 2.36. The monoisotopic (exact) mass is 397 g/mol. The van der Waals surface area contributed by atoms with Crippen LogP contribution in [0.1, 0.15) is 10.4 Å². The summed E-state index contributed by atoms with van der Waals surface area (Å²) in [6.07, 6.45) is 2.34. The van der Waals surface area contributed by atoms with Crippen LogP contribution in [0.15, 0.2) is 42.6 Å². The van der Waals surface area contributed by atoms with E-state index in [1.54, 1.807) is 47.5 Å². The van der Waals surface area contributed by atoms with E-state index in [-0.39, 0.29) is 6.03 Å². The van der Waals surface area contributed by atoms with Gasteiger partial charge in [-0.1, -0.05) is 11.6 Å². The van der Waals surface area contributed by atoms with E-state index in [2.05, 4.69) is 10.3 Å². The van der Waals surface area contributed by atoms with Crippen LogP contribution in [-0.4, -0.2) is 37.5 Å². The van der Waals surface area contributed by atoms with E-state index in [1.165, 1.54) is 7.11 Å². The lowest BCUT2D eigenvalue weighted by atomic mass is 10.1. The Kier molecular flexibility index (Phi) is 4.75. The fourth-order valence-corrected chi connectivity index (χ4v) is 3.39. The van der Waals surface area contributed by atoms with Gasteiger partial charge in [-0.05, 0) is 24.3 Å². The van der Waals surface area contributed by atoms with Crippen molar-refractivity contribution in [2.24, 2.45) is 0 Å². The maximum absolute atomic E-state index is 11.8. The SMILES string of the molecule is COc1cc2nccc(Oc3ccc(N4CCNC4=O)c(Cl)c3)c2cc1C=O. The van der Waals surface area contributed by atoms with Gasteiger partial charge in [0.05, 0.1) is 28.9 Å². The molecule has 0 saturated carbocycles. The van der Waals surface area contributed by atoms with Crippen LogP contribution in [0.3, 0.4) is 0 Å². The molecule has 1 saturated heterocycles. The van der Waals surface area contributed by atoms with Crippen molar-refractivity contribution >= 4 is 40.5 Å². The van der Waals surface area contributed by atoms with Gasteiger partial charge < -0.3 is 14.8 Å². The Balaban J connectivity index is 1.69. The van der Waals surface area contributed by atoms with Gasteiger partial charge in [0.2, 0.25) is 0 Å². The number of hydrogen-bond acceptors (Lipinski definition) is 5. The fourth-order valence-electron chi connectivity index (χ4n) is 3.12. The first-order valence-electron chi connectivity index (χ1n) is 8.55. The van der Waals surface area contributed by atoms with Gasteiger partial charge in [-0.25, -0.2) is 4.79 Å². The van der Waals surface area contributed by atoms with E-state index < -0.39 is 0 Å². The van der Waals surface area contributed by atoms with Crippen molar-refractivity contribution in [2.45, 2.75) is 0 Å². The van der Waals surface area contributed by atoms with Crippen LogP contribution in [-0.2, 0) is 0 Å². The Morgan fingerprint density at radius 3 is 2.75 bits per heavy atom. The van der Waals surface area contributed by atoms with Gasteiger partial charge >= 0.3 is 6.03 Å². The standard InChI is InChI=1S/C20H16ClN3O4/c1-27-19-10-16-14(8-12(19)11-25)18(4-5-22-16)28-13-2-3-17(15(21)9-13)24-7-6-23-20(24)26/h2-5,8-11H,6-7H2,1H3,(H,23,26). The van der Waals surface area contributed by atoms with Crippen LogP contribution in [0.4, 0.5) is 10.5 Å². The van der Waals surface area contributed by atoms with Crippen LogP contribution >= 0.6 is 11.6 Å². The number of benzene rings is 2. The molecule has 2 aromatic carbocycles. The lowest BCUT2D eigenvalue weighted by Gasteiger charge is -2.17. The quantitative estimate of drug-likeness (QED) is 0.657. The highest BCUT2D eigenvalue weighted by molar-refractivity contribution is 6.34. The molecule has 0 bridgehead atoms. The zero-order valence-electron chi connectivity index (χ0n) is 14.9. The summed E-state index contributed by atoms with van der Waals surface area (Å²) in [6.45, 7) is 1.14. The maximum Gasteiger partial charge on any atom is 0.322 e. The van der Waals surface area contributed by atoms with Crippen molar-refractivity contribution in [2.75, 3.05) is 25.1 Å². The molecule has 28 heavy (non-hydrogen) atoms. The molecule has 0 aliphatic carbocycles. The summed E-state index contributed by atoms with van der Waals surface area (Å²) < 4.78 is 11.2. The minimum atomic E-state index is -0.175. The minimum absolute atomic E-state index is 0.175. The number of urea groups is 1. The molecule has 4 rings (SSSR count). The van der Waals surface area contributed by atoms with E-state index >= 15 is 0 Å². The van der Waals surface area contributed by atoms with Gasteiger partial charge in [0.25, 0.3) is 0 Å². The Morgan fingerprint density at radius 2 is 2.07 bits per heavy atom. The number of aromatic nitrogens is 1. The Labute approximate surface area is 165 Å². The molecule has 0 atom stereocenters. The predicted molar refractivity (Wildman–Crippen MR) is 106 cm³/mol. The zero-order chi connectivity index (χ0) is 19.7. The highest BCUT2D eigenvalue weighted by atomic mass is 35.5. The van der Waals surface area contributed by atoms with Crippen molar-refractivity contribution < 1.29 is 19.1 Å². The second-order valence-electron chi connectivity index (χ2n) is 6.14. The number of carbonyl (C=O) groups is 2. The normalized spacial score (nSPS) is 13.5. The molecular formula is C20H16ClN3O4. The second-order valence-corrected chi connectivity index (χ2v) is 6.54. The minimum Gasteiger partial charge on any atom is -0.496 e. The number of pyridine rings is 1. The summed E-state index contributed by atoms with van der Waals surface area (Å²) in [5, 5.41) is 3.82. The summed E-state index contributed by atoms with van der Waals surface area (Å²) in [7, 11) is 1.50. The number of aldehydes is 1. The Bertz CT molecular complexity index is 1090. The van der Waals surface area contributed by atoms with Crippen molar-refractivity contribution in [1.29, 1.82) is 0 Å². The fraction of sp³-hybridized carbons (Fsp3) is 0.150. The molecule has 1 aliphatic rings. The van der Waals surface area contributed by atoms with Crippen molar-refractivity contribution in [3.8, 4) is 17.2 Å².